The van der Waals surface area contributed by atoms with Gasteiger partial charge in [-0.2, -0.15) is 0 Å². The fraction of sp³-hybridized carbons (Fsp3) is 0.304. The number of aliphatic hydroxyl groups excluding tert-OH is 1. The second kappa shape index (κ2) is 11.1. The van der Waals surface area contributed by atoms with Crippen molar-refractivity contribution in [2.45, 2.75) is 25.7 Å². The Balaban J connectivity index is 1.72. The molecule has 0 aliphatic carbocycles. The van der Waals surface area contributed by atoms with Gasteiger partial charge in [0.05, 0.1) is 31.5 Å². The maximum atomic E-state index is 12.9. The van der Waals surface area contributed by atoms with Crippen molar-refractivity contribution in [3.05, 3.63) is 53.1 Å². The molecule has 10 nitrogen and oxygen atoms in total. The average Bonchev–Trinajstić information content (AvgIpc) is 3.19. The van der Waals surface area contributed by atoms with Gasteiger partial charge in [-0.3, -0.25) is 14.6 Å². The van der Waals surface area contributed by atoms with Crippen molar-refractivity contribution < 1.29 is 42.1 Å². The van der Waals surface area contributed by atoms with E-state index in [1.165, 1.54) is 0 Å². The van der Waals surface area contributed by atoms with Gasteiger partial charge in [0, 0.05) is 30.6 Å². The Morgan fingerprint density at radius 2 is 1.92 bits per heavy atom. The summed E-state index contributed by atoms with van der Waals surface area (Å²) in [7, 11) is 1.02. The standard InChI is InChI=1S/C23H23F3N4O6/c1-35-22(34)17-11-15(36-23(24,25)26)3-5-18(17)30(8-9-31)20(33)7-6-19(32)29-14-2-4-16-13(10-14)12-28-21(16)27/h2-5,10-11,31H,6-9,12H2,1H3,(H2,27,28)(H,29,32). The Morgan fingerprint density at radius 3 is 2.58 bits per heavy atom. The molecule has 2 aromatic carbocycles. The van der Waals surface area contributed by atoms with Crippen LogP contribution in [0.2, 0.25) is 0 Å². The first kappa shape index (κ1) is 26.5. The minimum Gasteiger partial charge on any atom is -0.465 e. The van der Waals surface area contributed by atoms with Crippen molar-refractivity contribution in [3.63, 3.8) is 0 Å². The first-order valence-electron chi connectivity index (χ1n) is 10.6. The number of amides is 2. The number of aliphatic hydroxyl groups is 1. The normalized spacial score (nSPS) is 12.4. The van der Waals surface area contributed by atoms with Crippen molar-refractivity contribution in [2.24, 2.45) is 10.7 Å². The van der Waals surface area contributed by atoms with Crippen LogP contribution in [0.15, 0.2) is 41.4 Å². The zero-order valence-electron chi connectivity index (χ0n) is 19.1. The van der Waals surface area contributed by atoms with Gasteiger partial charge >= 0.3 is 12.3 Å². The van der Waals surface area contributed by atoms with E-state index in [4.69, 9.17) is 5.73 Å². The molecule has 1 aliphatic rings. The zero-order valence-corrected chi connectivity index (χ0v) is 19.1. The summed E-state index contributed by atoms with van der Waals surface area (Å²) >= 11 is 0. The fourth-order valence-electron chi connectivity index (χ4n) is 3.59. The van der Waals surface area contributed by atoms with Crippen LogP contribution in [0, 0.1) is 0 Å². The van der Waals surface area contributed by atoms with Crippen LogP contribution in [0.4, 0.5) is 24.5 Å². The van der Waals surface area contributed by atoms with Gasteiger partial charge in [-0.15, -0.1) is 13.2 Å². The van der Waals surface area contributed by atoms with Gasteiger partial charge < -0.3 is 30.5 Å². The first-order chi connectivity index (χ1) is 17.0. The monoisotopic (exact) mass is 508 g/mol. The van der Waals surface area contributed by atoms with Gasteiger partial charge in [0.1, 0.15) is 11.6 Å². The number of amidine groups is 1. The van der Waals surface area contributed by atoms with Gasteiger partial charge in [0.2, 0.25) is 11.8 Å². The number of hydrogen-bond acceptors (Lipinski definition) is 8. The Hall–Kier alpha value is -4.13. The average molecular weight is 508 g/mol. The minimum absolute atomic E-state index is 0.105. The van der Waals surface area contributed by atoms with Crippen molar-refractivity contribution in [1.82, 2.24) is 0 Å². The molecule has 0 fully saturated rings. The summed E-state index contributed by atoms with van der Waals surface area (Å²) in [6.07, 6.45) is -5.55. The number of halogens is 3. The van der Waals surface area contributed by atoms with Crippen molar-refractivity contribution in [1.29, 1.82) is 0 Å². The van der Waals surface area contributed by atoms with E-state index in [-0.39, 0.29) is 30.6 Å². The Labute approximate surface area is 203 Å². The number of rotatable bonds is 9. The van der Waals surface area contributed by atoms with E-state index in [9.17, 15) is 32.7 Å². The van der Waals surface area contributed by atoms with Crippen molar-refractivity contribution in [2.75, 3.05) is 30.5 Å². The SMILES string of the molecule is COC(=O)c1cc(OC(F)(F)F)ccc1N(CCO)C(=O)CCC(=O)Nc1ccc2c(c1)CN=C2N. The quantitative estimate of drug-likeness (QED) is 0.441. The van der Waals surface area contributed by atoms with Gasteiger partial charge in [-0.05, 0) is 42.0 Å². The van der Waals surface area contributed by atoms with Crippen molar-refractivity contribution in [3.8, 4) is 5.75 Å². The topological polar surface area (TPSA) is 144 Å². The fourth-order valence-corrected chi connectivity index (χ4v) is 3.59. The number of nitrogens with one attached hydrogen (secondary N) is 1. The number of carbonyl (C=O) groups excluding carboxylic acids is 3. The Kier molecular flexibility index (Phi) is 8.14. The van der Waals surface area contributed by atoms with Crippen LogP contribution in [0.1, 0.15) is 34.3 Å². The molecule has 2 amide bonds. The van der Waals surface area contributed by atoms with Gasteiger partial charge in [-0.25, -0.2) is 4.79 Å². The molecule has 1 heterocycles. The molecule has 2 aromatic rings. The highest BCUT2D eigenvalue weighted by Gasteiger charge is 2.32. The number of carbonyl (C=O) groups is 3. The molecule has 36 heavy (non-hydrogen) atoms. The molecular formula is C23H23F3N4O6. The summed E-state index contributed by atoms with van der Waals surface area (Å²) in [5, 5.41) is 12.1. The Bertz CT molecular complexity index is 1200. The highest BCUT2D eigenvalue weighted by atomic mass is 19.4. The number of nitrogens with two attached hydrogens (primary N) is 1. The van der Waals surface area contributed by atoms with Gasteiger partial charge in [0.25, 0.3) is 0 Å². The number of esters is 1. The first-order valence-corrected chi connectivity index (χ1v) is 10.6. The lowest BCUT2D eigenvalue weighted by Gasteiger charge is -2.24. The zero-order chi connectivity index (χ0) is 26.5. The maximum Gasteiger partial charge on any atom is 0.573 e. The lowest BCUT2D eigenvalue weighted by atomic mass is 10.1. The lowest BCUT2D eigenvalue weighted by Crippen LogP contribution is -2.35. The summed E-state index contributed by atoms with van der Waals surface area (Å²) in [4.78, 5) is 42.6. The third kappa shape index (κ3) is 6.50. The summed E-state index contributed by atoms with van der Waals surface area (Å²) in [6, 6.07) is 7.87. The van der Waals surface area contributed by atoms with E-state index < -0.39 is 36.5 Å². The lowest BCUT2D eigenvalue weighted by molar-refractivity contribution is -0.274. The van der Waals surface area contributed by atoms with Crippen LogP contribution in [-0.4, -0.2) is 55.3 Å². The van der Waals surface area contributed by atoms with E-state index in [2.05, 4.69) is 19.8 Å². The van der Waals surface area contributed by atoms with Crippen LogP contribution in [-0.2, 0) is 20.9 Å². The molecule has 192 valence electrons. The Morgan fingerprint density at radius 1 is 1.17 bits per heavy atom. The molecule has 1 aliphatic heterocycles. The number of methoxy groups -OCH3 is 1. The number of nitrogens with zero attached hydrogens (tertiary/aromatic N) is 2. The number of aliphatic imine (C=N–C) groups is 1. The van der Waals surface area contributed by atoms with Gasteiger partial charge in [-0.1, -0.05) is 0 Å². The van der Waals surface area contributed by atoms with E-state index in [0.29, 0.717) is 18.1 Å². The van der Waals surface area contributed by atoms with Crippen LogP contribution in [0.5, 0.6) is 5.75 Å². The molecule has 0 spiro atoms. The summed E-state index contributed by atoms with van der Waals surface area (Å²) in [5.74, 6) is -2.41. The minimum atomic E-state index is -5.00. The summed E-state index contributed by atoms with van der Waals surface area (Å²) < 4.78 is 46.2. The van der Waals surface area contributed by atoms with E-state index in [0.717, 1.165) is 41.3 Å². The number of alkyl halides is 3. The molecular weight excluding hydrogens is 485 g/mol. The largest absolute Gasteiger partial charge is 0.573 e. The number of fused-ring (bicyclic) bond motifs is 1. The number of anilines is 2. The second-order valence-corrected chi connectivity index (χ2v) is 7.61. The molecule has 0 saturated carbocycles. The van der Waals surface area contributed by atoms with Crippen LogP contribution in [0.3, 0.4) is 0 Å². The third-order valence-electron chi connectivity index (χ3n) is 5.17. The predicted molar refractivity (Wildman–Crippen MR) is 123 cm³/mol. The molecule has 13 heteroatoms. The number of hydrogen-bond donors (Lipinski definition) is 3. The number of benzene rings is 2. The van der Waals surface area contributed by atoms with E-state index >= 15 is 0 Å². The smallest absolute Gasteiger partial charge is 0.465 e. The highest BCUT2D eigenvalue weighted by Crippen LogP contribution is 2.30. The molecule has 0 unspecified atom stereocenters. The van der Waals surface area contributed by atoms with Gasteiger partial charge in [0.15, 0.2) is 0 Å². The molecule has 0 radical (unpaired) electrons. The van der Waals surface area contributed by atoms with E-state index in [1.807, 2.05) is 0 Å². The van der Waals surface area contributed by atoms with Crippen LogP contribution in [0.25, 0.3) is 0 Å². The third-order valence-corrected chi connectivity index (χ3v) is 5.17. The van der Waals surface area contributed by atoms with Crippen LogP contribution < -0.4 is 20.7 Å². The van der Waals surface area contributed by atoms with E-state index in [1.54, 1.807) is 18.2 Å². The molecule has 0 atom stereocenters. The predicted octanol–water partition coefficient (Wildman–Crippen LogP) is 2.33. The molecule has 0 aromatic heterocycles. The molecule has 3 rings (SSSR count). The molecule has 0 bridgehead atoms. The highest BCUT2D eigenvalue weighted by molar-refractivity contribution is 6.04. The second-order valence-electron chi connectivity index (χ2n) is 7.61. The maximum absolute atomic E-state index is 12.9. The summed E-state index contributed by atoms with van der Waals surface area (Å²) in [6.45, 7) is -0.398. The molecule has 0 saturated heterocycles. The molecule has 4 N–H and O–H groups in total. The summed E-state index contributed by atoms with van der Waals surface area (Å²) in [5.41, 5.74) is 7.42. The van der Waals surface area contributed by atoms with Crippen molar-refractivity contribution >= 4 is 35.0 Å². The van der Waals surface area contributed by atoms with Crippen LogP contribution >= 0.6 is 0 Å². The number of ether oxygens (including phenoxy) is 2.